The molecular weight excluding hydrogens is 212 g/mol. The van der Waals surface area contributed by atoms with Crippen LogP contribution in [0.3, 0.4) is 0 Å². The summed E-state index contributed by atoms with van der Waals surface area (Å²) in [7, 11) is 2.01. The van der Waals surface area contributed by atoms with Crippen LogP contribution in [0, 0.1) is 17.8 Å². The molecule has 0 aromatic heterocycles. The third-order valence-corrected chi connectivity index (χ3v) is 4.75. The molecule has 0 aromatic rings. The highest BCUT2D eigenvalue weighted by Crippen LogP contribution is 2.29. The van der Waals surface area contributed by atoms with Crippen molar-refractivity contribution in [2.24, 2.45) is 17.8 Å². The second kappa shape index (κ2) is 5.38. The van der Waals surface area contributed by atoms with Gasteiger partial charge in [-0.05, 0) is 31.2 Å². The molecule has 1 aliphatic carbocycles. The Labute approximate surface area is 105 Å². The smallest absolute Gasteiger partial charge is 0.227 e. The van der Waals surface area contributed by atoms with Gasteiger partial charge in [-0.1, -0.05) is 26.7 Å². The fourth-order valence-corrected chi connectivity index (χ4v) is 3.44. The molecule has 0 spiro atoms. The van der Waals surface area contributed by atoms with E-state index < -0.39 is 0 Å². The maximum Gasteiger partial charge on any atom is 0.227 e. The third kappa shape index (κ3) is 2.65. The number of carbonyl (C=O) groups excluding carboxylic acids is 1. The highest BCUT2D eigenvalue weighted by atomic mass is 16.2. The molecule has 1 saturated heterocycles. The number of nitrogens with one attached hydrogen (secondary N) is 1. The highest BCUT2D eigenvalue weighted by molar-refractivity contribution is 5.79. The maximum absolute atomic E-state index is 12.5. The quantitative estimate of drug-likeness (QED) is 0.796. The van der Waals surface area contributed by atoms with Crippen LogP contribution in [-0.4, -0.2) is 37.0 Å². The normalized spacial score (nSPS) is 38.1. The zero-order valence-corrected chi connectivity index (χ0v) is 11.4. The van der Waals surface area contributed by atoms with Gasteiger partial charge in [0.2, 0.25) is 5.91 Å². The highest BCUT2D eigenvalue weighted by Gasteiger charge is 2.35. The average molecular weight is 238 g/mol. The molecule has 98 valence electrons. The summed E-state index contributed by atoms with van der Waals surface area (Å²) in [5.41, 5.74) is 0. The first kappa shape index (κ1) is 12.9. The molecule has 1 aliphatic heterocycles. The lowest BCUT2D eigenvalue weighted by Gasteiger charge is -2.37. The lowest BCUT2D eigenvalue weighted by Crippen LogP contribution is -2.46. The Bertz CT molecular complexity index is 279. The van der Waals surface area contributed by atoms with Crippen LogP contribution in [0.25, 0.3) is 0 Å². The van der Waals surface area contributed by atoms with Crippen LogP contribution >= 0.6 is 0 Å². The van der Waals surface area contributed by atoms with Crippen LogP contribution in [0.2, 0.25) is 0 Å². The lowest BCUT2D eigenvalue weighted by atomic mass is 9.84. The van der Waals surface area contributed by atoms with Gasteiger partial charge in [-0.2, -0.15) is 0 Å². The van der Waals surface area contributed by atoms with E-state index in [4.69, 9.17) is 0 Å². The molecule has 1 N–H and O–H groups in total. The Morgan fingerprint density at radius 1 is 1.12 bits per heavy atom. The van der Waals surface area contributed by atoms with E-state index in [1.165, 1.54) is 25.7 Å². The minimum atomic E-state index is 0.203. The summed E-state index contributed by atoms with van der Waals surface area (Å²) in [6.45, 7) is 6.33. The number of amides is 1. The van der Waals surface area contributed by atoms with Crippen molar-refractivity contribution in [3.63, 3.8) is 0 Å². The Morgan fingerprint density at radius 2 is 1.82 bits per heavy atom. The van der Waals surface area contributed by atoms with Crippen molar-refractivity contribution in [1.29, 1.82) is 0 Å². The van der Waals surface area contributed by atoms with Gasteiger partial charge in [0.1, 0.15) is 0 Å². The van der Waals surface area contributed by atoms with E-state index in [-0.39, 0.29) is 5.92 Å². The molecule has 3 heteroatoms. The molecule has 2 aliphatic rings. The molecule has 2 rings (SSSR count). The van der Waals surface area contributed by atoms with E-state index in [9.17, 15) is 4.79 Å². The van der Waals surface area contributed by atoms with Crippen LogP contribution in [0.1, 0.15) is 39.5 Å². The maximum atomic E-state index is 12.5. The average Bonchev–Trinajstić information content (AvgIpc) is 2.74. The molecule has 17 heavy (non-hydrogen) atoms. The topological polar surface area (TPSA) is 32.3 Å². The number of carbonyl (C=O) groups is 1. The van der Waals surface area contributed by atoms with E-state index in [1.807, 2.05) is 7.05 Å². The number of rotatable bonds is 2. The van der Waals surface area contributed by atoms with Gasteiger partial charge < -0.3 is 10.2 Å². The van der Waals surface area contributed by atoms with Crippen molar-refractivity contribution < 1.29 is 4.79 Å². The largest absolute Gasteiger partial charge is 0.342 e. The summed E-state index contributed by atoms with van der Waals surface area (Å²) in [6.07, 6.45) is 5.09. The summed E-state index contributed by atoms with van der Waals surface area (Å²) >= 11 is 0. The van der Waals surface area contributed by atoms with E-state index in [0.717, 1.165) is 13.1 Å². The van der Waals surface area contributed by atoms with E-state index in [2.05, 4.69) is 24.1 Å². The molecule has 0 bridgehead atoms. The molecular formula is C14H26N2O. The van der Waals surface area contributed by atoms with Crippen molar-refractivity contribution in [2.45, 2.75) is 45.6 Å². The van der Waals surface area contributed by atoms with Gasteiger partial charge in [0.05, 0.1) is 5.92 Å². The minimum absolute atomic E-state index is 0.203. The number of hydrogen-bond donors (Lipinski definition) is 1. The zero-order chi connectivity index (χ0) is 12.4. The molecule has 4 atom stereocenters. The Balaban J connectivity index is 1.98. The second-order valence-electron chi connectivity index (χ2n) is 6.02. The Kier molecular flexibility index (Phi) is 4.08. The van der Waals surface area contributed by atoms with Crippen molar-refractivity contribution in [3.8, 4) is 0 Å². The van der Waals surface area contributed by atoms with Gasteiger partial charge in [-0.3, -0.25) is 4.79 Å². The summed E-state index contributed by atoms with van der Waals surface area (Å²) in [4.78, 5) is 14.5. The van der Waals surface area contributed by atoms with Crippen molar-refractivity contribution in [3.05, 3.63) is 0 Å². The molecule has 1 heterocycles. The fourth-order valence-electron chi connectivity index (χ4n) is 3.44. The Hall–Kier alpha value is -0.570. The van der Waals surface area contributed by atoms with Crippen molar-refractivity contribution >= 4 is 5.91 Å². The summed E-state index contributed by atoms with van der Waals surface area (Å²) in [5, 5.41) is 3.32. The predicted molar refractivity (Wildman–Crippen MR) is 69.7 cm³/mol. The van der Waals surface area contributed by atoms with Gasteiger partial charge in [-0.25, -0.2) is 0 Å². The van der Waals surface area contributed by atoms with Gasteiger partial charge >= 0.3 is 0 Å². The predicted octanol–water partition coefficient (Wildman–Crippen LogP) is 1.88. The molecule has 3 nitrogen and oxygen atoms in total. The first-order chi connectivity index (χ1) is 8.11. The summed E-state index contributed by atoms with van der Waals surface area (Å²) in [5.74, 6) is 1.72. The third-order valence-electron chi connectivity index (χ3n) is 4.75. The van der Waals surface area contributed by atoms with Gasteiger partial charge in [-0.15, -0.1) is 0 Å². The molecule has 2 fully saturated rings. The Morgan fingerprint density at radius 3 is 2.41 bits per heavy atom. The van der Waals surface area contributed by atoms with E-state index in [0.29, 0.717) is 23.8 Å². The zero-order valence-electron chi connectivity index (χ0n) is 11.4. The number of hydrogen-bond acceptors (Lipinski definition) is 2. The SMILES string of the molecule is CC1CCCCC1N(C)C(=O)[C@@H]1CNC[C@H]1C. The lowest BCUT2D eigenvalue weighted by molar-refractivity contribution is -0.138. The van der Waals surface area contributed by atoms with Crippen LogP contribution in [0.15, 0.2) is 0 Å². The van der Waals surface area contributed by atoms with Gasteiger partial charge in [0, 0.05) is 19.6 Å². The van der Waals surface area contributed by atoms with Gasteiger partial charge in [0.25, 0.3) is 0 Å². The summed E-state index contributed by atoms with van der Waals surface area (Å²) in [6, 6.07) is 0.476. The van der Waals surface area contributed by atoms with Crippen LogP contribution < -0.4 is 5.32 Å². The van der Waals surface area contributed by atoms with Crippen molar-refractivity contribution in [2.75, 3.05) is 20.1 Å². The molecule has 1 amide bonds. The van der Waals surface area contributed by atoms with Crippen LogP contribution in [0.4, 0.5) is 0 Å². The fraction of sp³-hybridized carbons (Fsp3) is 0.929. The molecule has 0 aromatic carbocycles. The van der Waals surface area contributed by atoms with Gasteiger partial charge in [0.15, 0.2) is 0 Å². The van der Waals surface area contributed by atoms with E-state index >= 15 is 0 Å². The number of nitrogens with zero attached hydrogens (tertiary/aromatic N) is 1. The standard InChI is InChI=1S/C14H26N2O/c1-10-6-4-5-7-13(10)16(3)14(17)12-9-15-8-11(12)2/h10-13,15H,4-9H2,1-3H3/t10?,11-,12-,13?/m1/s1. The monoisotopic (exact) mass is 238 g/mol. The second-order valence-corrected chi connectivity index (χ2v) is 6.02. The molecule has 1 saturated carbocycles. The van der Waals surface area contributed by atoms with Crippen LogP contribution in [0.5, 0.6) is 0 Å². The summed E-state index contributed by atoms with van der Waals surface area (Å²) < 4.78 is 0. The minimum Gasteiger partial charge on any atom is -0.342 e. The first-order valence-corrected chi connectivity index (χ1v) is 7.08. The van der Waals surface area contributed by atoms with Crippen molar-refractivity contribution in [1.82, 2.24) is 10.2 Å². The molecule has 2 unspecified atom stereocenters. The first-order valence-electron chi connectivity index (χ1n) is 7.08. The van der Waals surface area contributed by atoms with Crippen LogP contribution in [-0.2, 0) is 4.79 Å². The van der Waals surface area contributed by atoms with E-state index in [1.54, 1.807) is 0 Å². The molecule has 0 radical (unpaired) electrons.